The van der Waals surface area contributed by atoms with Crippen LogP contribution in [0.2, 0.25) is 0 Å². The molecule has 1 aromatic carbocycles. The third-order valence-electron chi connectivity index (χ3n) is 4.85. The fourth-order valence-electron chi connectivity index (χ4n) is 3.02. The summed E-state index contributed by atoms with van der Waals surface area (Å²) in [6.45, 7) is 7.19. The molecule has 0 saturated heterocycles. The number of urea groups is 1. The highest BCUT2D eigenvalue weighted by Gasteiger charge is 2.23. The van der Waals surface area contributed by atoms with Gasteiger partial charge in [-0.05, 0) is 38.3 Å². The van der Waals surface area contributed by atoms with Gasteiger partial charge in [0.1, 0.15) is 6.04 Å². The van der Waals surface area contributed by atoms with Gasteiger partial charge in [0.15, 0.2) is 0 Å². The Labute approximate surface area is 150 Å². The van der Waals surface area contributed by atoms with Crippen LogP contribution < -0.4 is 20.9 Å². The fourth-order valence-corrected chi connectivity index (χ4v) is 3.02. The normalized spacial score (nSPS) is 18.7. The predicted molar refractivity (Wildman–Crippen MR) is 101 cm³/mol. The van der Waals surface area contributed by atoms with E-state index >= 15 is 0 Å². The van der Waals surface area contributed by atoms with E-state index < -0.39 is 6.04 Å². The number of hydrogen-bond acceptors (Lipinski definition) is 3. The molecule has 1 aliphatic heterocycles. The largest absolute Gasteiger partial charge is 0.374 e. The Morgan fingerprint density at radius 3 is 2.68 bits per heavy atom. The van der Waals surface area contributed by atoms with Crippen LogP contribution in [0.15, 0.2) is 24.3 Å². The summed E-state index contributed by atoms with van der Waals surface area (Å²) in [5.41, 5.74) is 2.49. The number of anilines is 1. The van der Waals surface area contributed by atoms with Crippen LogP contribution in [-0.2, 0) is 4.79 Å². The zero-order valence-corrected chi connectivity index (χ0v) is 15.6. The first kappa shape index (κ1) is 19.1. The van der Waals surface area contributed by atoms with Crippen molar-refractivity contribution in [3.63, 3.8) is 0 Å². The summed E-state index contributed by atoms with van der Waals surface area (Å²) >= 11 is 0. The lowest BCUT2D eigenvalue weighted by Crippen LogP contribution is -2.50. The van der Waals surface area contributed by atoms with Crippen LogP contribution >= 0.6 is 0 Å². The van der Waals surface area contributed by atoms with E-state index in [1.165, 1.54) is 11.3 Å². The number of nitrogens with zero attached hydrogens (tertiary/aromatic N) is 1. The van der Waals surface area contributed by atoms with Crippen molar-refractivity contribution in [1.29, 1.82) is 0 Å². The molecule has 138 valence electrons. The van der Waals surface area contributed by atoms with Crippen molar-refractivity contribution in [3.8, 4) is 0 Å². The highest BCUT2D eigenvalue weighted by Crippen LogP contribution is 2.33. The topological polar surface area (TPSA) is 73.5 Å². The average Bonchev–Trinajstić information content (AvgIpc) is 2.61. The molecule has 3 amide bonds. The lowest BCUT2D eigenvalue weighted by molar-refractivity contribution is -0.123. The van der Waals surface area contributed by atoms with Crippen LogP contribution in [0.1, 0.15) is 45.1 Å². The summed E-state index contributed by atoms with van der Waals surface area (Å²) in [5, 5.41) is 8.49. The van der Waals surface area contributed by atoms with Crippen LogP contribution in [0.4, 0.5) is 10.5 Å². The summed E-state index contributed by atoms with van der Waals surface area (Å²) in [4.78, 5) is 26.4. The third-order valence-corrected chi connectivity index (χ3v) is 4.85. The van der Waals surface area contributed by atoms with Crippen LogP contribution in [0.25, 0.3) is 0 Å². The van der Waals surface area contributed by atoms with Gasteiger partial charge in [-0.15, -0.1) is 0 Å². The lowest BCUT2D eigenvalue weighted by atomic mass is 9.90. The molecule has 0 saturated carbocycles. The summed E-state index contributed by atoms with van der Waals surface area (Å²) in [6, 6.07) is 7.56. The molecular weight excluding hydrogens is 316 g/mol. The molecule has 0 spiro atoms. The molecule has 3 atom stereocenters. The number of hydrogen-bond donors (Lipinski definition) is 3. The monoisotopic (exact) mass is 346 g/mol. The molecular formula is C19H30N4O2. The smallest absolute Gasteiger partial charge is 0.315 e. The predicted octanol–water partition coefficient (Wildman–Crippen LogP) is 2.21. The van der Waals surface area contributed by atoms with Crippen LogP contribution in [-0.4, -0.2) is 44.2 Å². The van der Waals surface area contributed by atoms with E-state index in [9.17, 15) is 9.59 Å². The van der Waals surface area contributed by atoms with Gasteiger partial charge in [0, 0.05) is 37.8 Å². The molecule has 3 N–H and O–H groups in total. The molecule has 0 aromatic heterocycles. The molecule has 6 nitrogen and oxygen atoms in total. The number of fused-ring (bicyclic) bond motifs is 1. The molecule has 2 rings (SSSR count). The second kappa shape index (κ2) is 8.74. The number of para-hydroxylation sites is 1. The van der Waals surface area contributed by atoms with Crippen molar-refractivity contribution in [2.75, 3.05) is 25.0 Å². The van der Waals surface area contributed by atoms with Gasteiger partial charge in [-0.2, -0.15) is 0 Å². The Bertz CT molecular complexity index is 605. The van der Waals surface area contributed by atoms with Crippen molar-refractivity contribution in [1.82, 2.24) is 16.0 Å². The fraction of sp³-hybridized carbons (Fsp3) is 0.579. The Morgan fingerprint density at radius 2 is 1.96 bits per heavy atom. The molecule has 0 radical (unpaired) electrons. The maximum atomic E-state index is 12.1. The summed E-state index contributed by atoms with van der Waals surface area (Å²) in [7, 11) is 2.09. The summed E-state index contributed by atoms with van der Waals surface area (Å²) in [5.74, 6) is 0.136. The van der Waals surface area contributed by atoms with Crippen molar-refractivity contribution in [3.05, 3.63) is 29.8 Å². The summed E-state index contributed by atoms with van der Waals surface area (Å²) in [6.07, 6.45) is 1.86. The minimum Gasteiger partial charge on any atom is -0.374 e. The van der Waals surface area contributed by atoms with Gasteiger partial charge in [-0.25, -0.2) is 4.79 Å². The van der Waals surface area contributed by atoms with Gasteiger partial charge in [0.2, 0.25) is 5.91 Å². The first-order valence-electron chi connectivity index (χ1n) is 9.07. The number of nitrogens with one attached hydrogen (secondary N) is 3. The molecule has 1 aliphatic rings. The molecule has 0 aliphatic carbocycles. The number of carbonyl (C=O) groups is 2. The Hall–Kier alpha value is -2.24. The number of amides is 3. The van der Waals surface area contributed by atoms with E-state index in [1.54, 1.807) is 6.92 Å². The Kier molecular flexibility index (Phi) is 6.67. The van der Waals surface area contributed by atoms with E-state index in [0.29, 0.717) is 12.5 Å². The van der Waals surface area contributed by atoms with Gasteiger partial charge in [0.25, 0.3) is 0 Å². The Balaban J connectivity index is 1.84. The number of rotatable bonds is 6. The second-order valence-electron chi connectivity index (χ2n) is 6.86. The van der Waals surface area contributed by atoms with Crippen LogP contribution in [0.3, 0.4) is 0 Å². The molecule has 25 heavy (non-hydrogen) atoms. The quantitative estimate of drug-likeness (QED) is 0.739. The average molecular weight is 346 g/mol. The molecule has 6 heteroatoms. The molecule has 0 unspecified atom stereocenters. The van der Waals surface area contributed by atoms with Crippen LogP contribution in [0, 0.1) is 0 Å². The lowest BCUT2D eigenvalue weighted by Gasteiger charge is -2.33. The molecule has 1 aromatic rings. The number of carbonyl (C=O) groups excluding carboxylic acids is 2. The van der Waals surface area contributed by atoms with E-state index in [0.717, 1.165) is 19.4 Å². The number of benzene rings is 1. The first-order valence-corrected chi connectivity index (χ1v) is 9.07. The molecule has 1 heterocycles. The van der Waals surface area contributed by atoms with E-state index in [1.807, 2.05) is 26.0 Å². The minimum atomic E-state index is -0.557. The van der Waals surface area contributed by atoms with E-state index in [2.05, 4.69) is 40.0 Å². The minimum absolute atomic E-state index is 0.107. The first-order chi connectivity index (χ1) is 11.9. The van der Waals surface area contributed by atoms with Gasteiger partial charge in [-0.1, -0.05) is 25.1 Å². The summed E-state index contributed by atoms with van der Waals surface area (Å²) < 4.78 is 0. The standard InChI is InChI=1S/C19H30N4O2/c1-5-13(2)21-18(24)14(3)22-19(25)20-12-15-10-11-23(4)17-9-7-6-8-16(15)17/h6-9,13-15H,5,10-12H2,1-4H3,(H,21,24)(H2,20,22,25)/t13-,14-,15-/m0/s1. The van der Waals surface area contributed by atoms with E-state index in [4.69, 9.17) is 0 Å². The zero-order chi connectivity index (χ0) is 18.4. The van der Waals surface area contributed by atoms with Gasteiger partial charge in [0.05, 0.1) is 0 Å². The highest BCUT2D eigenvalue weighted by molar-refractivity contribution is 5.86. The van der Waals surface area contributed by atoms with Crippen molar-refractivity contribution >= 4 is 17.6 Å². The van der Waals surface area contributed by atoms with Crippen LogP contribution in [0.5, 0.6) is 0 Å². The maximum absolute atomic E-state index is 12.1. The van der Waals surface area contributed by atoms with Crippen molar-refractivity contribution in [2.24, 2.45) is 0 Å². The van der Waals surface area contributed by atoms with Gasteiger partial charge >= 0.3 is 6.03 Å². The van der Waals surface area contributed by atoms with Gasteiger partial charge < -0.3 is 20.9 Å². The maximum Gasteiger partial charge on any atom is 0.315 e. The molecule has 0 bridgehead atoms. The highest BCUT2D eigenvalue weighted by atomic mass is 16.2. The zero-order valence-electron chi connectivity index (χ0n) is 15.6. The van der Waals surface area contributed by atoms with Crippen molar-refractivity contribution < 1.29 is 9.59 Å². The second-order valence-corrected chi connectivity index (χ2v) is 6.86. The SMILES string of the molecule is CC[C@H](C)NC(=O)[C@H](C)NC(=O)NC[C@@H]1CCN(C)c2ccccc21. The molecule has 0 fully saturated rings. The van der Waals surface area contributed by atoms with E-state index in [-0.39, 0.29) is 18.0 Å². The third kappa shape index (κ3) is 5.11. The Morgan fingerprint density at radius 1 is 1.24 bits per heavy atom. The van der Waals surface area contributed by atoms with Crippen molar-refractivity contribution in [2.45, 2.75) is 51.6 Å². The van der Waals surface area contributed by atoms with Gasteiger partial charge in [-0.3, -0.25) is 4.79 Å².